The molecule has 0 atom stereocenters. The number of hydrogen-bond acceptors (Lipinski definition) is 3. The van der Waals surface area contributed by atoms with E-state index >= 15 is 0 Å². The zero-order valence-corrected chi connectivity index (χ0v) is 14.2. The van der Waals surface area contributed by atoms with E-state index in [-0.39, 0.29) is 6.42 Å². The molecule has 4 nitrogen and oxygen atoms in total. The van der Waals surface area contributed by atoms with Crippen LogP contribution in [0.1, 0.15) is 25.1 Å². The first-order valence-corrected chi connectivity index (χ1v) is 8.42. The van der Waals surface area contributed by atoms with Gasteiger partial charge in [-0.3, -0.25) is 4.79 Å². The minimum atomic E-state index is -0.804. The van der Waals surface area contributed by atoms with Crippen LogP contribution in [-0.4, -0.2) is 21.0 Å². The van der Waals surface area contributed by atoms with E-state index in [9.17, 15) is 4.79 Å². The van der Waals surface area contributed by atoms with Crippen molar-refractivity contribution in [1.82, 2.24) is 9.97 Å². The smallest absolute Gasteiger partial charge is 0.303 e. The topological polar surface area (TPSA) is 63.1 Å². The van der Waals surface area contributed by atoms with E-state index in [4.69, 9.17) is 5.11 Å². The molecule has 0 aliphatic rings. The summed E-state index contributed by atoms with van der Waals surface area (Å²) in [7, 11) is 0. The molecule has 0 aliphatic carbocycles. The molecule has 0 fully saturated rings. The SMILES string of the molecule is O=C(O)CCCC#Cc1ncc(-c2ccccc2)c(-c2ccccc2)n1. The summed E-state index contributed by atoms with van der Waals surface area (Å²) in [4.78, 5) is 19.6. The average molecular weight is 342 g/mol. The third-order valence-corrected chi connectivity index (χ3v) is 3.81. The fraction of sp³-hybridized carbons (Fsp3) is 0.136. The Balaban J connectivity index is 1.93. The maximum atomic E-state index is 10.5. The summed E-state index contributed by atoms with van der Waals surface area (Å²) in [6.45, 7) is 0. The molecule has 3 aromatic rings. The van der Waals surface area contributed by atoms with Crippen LogP contribution in [-0.2, 0) is 4.79 Å². The molecule has 1 aromatic heterocycles. The zero-order valence-electron chi connectivity index (χ0n) is 14.2. The van der Waals surface area contributed by atoms with E-state index in [1.165, 1.54) is 0 Å². The molecular weight excluding hydrogens is 324 g/mol. The maximum Gasteiger partial charge on any atom is 0.303 e. The first-order chi connectivity index (χ1) is 12.7. The van der Waals surface area contributed by atoms with Crippen molar-refractivity contribution in [3.8, 4) is 34.2 Å². The normalized spacial score (nSPS) is 10.0. The highest BCUT2D eigenvalue weighted by atomic mass is 16.4. The van der Waals surface area contributed by atoms with Gasteiger partial charge in [-0.25, -0.2) is 9.97 Å². The fourth-order valence-corrected chi connectivity index (χ4v) is 2.56. The number of nitrogens with zero attached hydrogens (tertiary/aromatic N) is 2. The lowest BCUT2D eigenvalue weighted by Gasteiger charge is -2.09. The van der Waals surface area contributed by atoms with Gasteiger partial charge in [0.15, 0.2) is 0 Å². The van der Waals surface area contributed by atoms with Crippen molar-refractivity contribution in [3.63, 3.8) is 0 Å². The molecule has 0 saturated carbocycles. The molecule has 0 saturated heterocycles. The van der Waals surface area contributed by atoms with Gasteiger partial charge in [-0.05, 0) is 17.9 Å². The van der Waals surface area contributed by atoms with Gasteiger partial charge in [0.25, 0.3) is 0 Å². The maximum absolute atomic E-state index is 10.5. The summed E-state index contributed by atoms with van der Waals surface area (Å²) in [6, 6.07) is 20.0. The lowest BCUT2D eigenvalue weighted by Crippen LogP contribution is -1.96. The summed E-state index contributed by atoms with van der Waals surface area (Å²) in [5, 5.41) is 8.66. The molecule has 0 bridgehead atoms. The van der Waals surface area contributed by atoms with Gasteiger partial charge in [-0.15, -0.1) is 0 Å². The quantitative estimate of drug-likeness (QED) is 0.551. The molecule has 3 rings (SSSR count). The highest BCUT2D eigenvalue weighted by molar-refractivity contribution is 5.80. The van der Waals surface area contributed by atoms with Crippen molar-refractivity contribution < 1.29 is 9.90 Å². The molecule has 0 amide bonds. The van der Waals surface area contributed by atoms with E-state index in [0.717, 1.165) is 22.4 Å². The van der Waals surface area contributed by atoms with Crippen LogP contribution in [0.2, 0.25) is 0 Å². The van der Waals surface area contributed by atoms with Crippen molar-refractivity contribution in [2.75, 3.05) is 0 Å². The van der Waals surface area contributed by atoms with Crippen LogP contribution >= 0.6 is 0 Å². The standard InChI is InChI=1S/C22H18N2O2/c25-21(26)15-9-3-8-14-20-23-16-19(17-10-4-1-5-11-17)22(24-20)18-12-6-2-7-13-18/h1-2,4-7,10-13,16H,3,9,15H2,(H,25,26). The van der Waals surface area contributed by atoms with Crippen LogP contribution in [0.15, 0.2) is 66.9 Å². The summed E-state index contributed by atoms with van der Waals surface area (Å²) >= 11 is 0. The van der Waals surface area contributed by atoms with Crippen molar-refractivity contribution in [2.24, 2.45) is 0 Å². The second-order valence-corrected chi connectivity index (χ2v) is 5.74. The zero-order chi connectivity index (χ0) is 18.2. The average Bonchev–Trinajstić information content (AvgIpc) is 2.69. The van der Waals surface area contributed by atoms with Crippen LogP contribution in [0.25, 0.3) is 22.4 Å². The van der Waals surface area contributed by atoms with Crippen molar-refractivity contribution in [1.29, 1.82) is 0 Å². The Bertz CT molecular complexity index is 942. The third kappa shape index (κ3) is 4.55. The first-order valence-electron chi connectivity index (χ1n) is 8.42. The molecule has 2 aromatic carbocycles. The van der Waals surface area contributed by atoms with Gasteiger partial charge in [0, 0.05) is 30.2 Å². The predicted molar refractivity (Wildman–Crippen MR) is 101 cm³/mol. The van der Waals surface area contributed by atoms with E-state index in [1.54, 1.807) is 6.20 Å². The number of aliphatic carboxylic acids is 1. The molecule has 0 radical (unpaired) electrons. The lowest BCUT2D eigenvalue weighted by atomic mass is 10.0. The molecular formula is C22H18N2O2. The van der Waals surface area contributed by atoms with Crippen molar-refractivity contribution in [2.45, 2.75) is 19.3 Å². The molecule has 0 spiro atoms. The number of benzene rings is 2. The summed E-state index contributed by atoms with van der Waals surface area (Å²) in [5.41, 5.74) is 3.84. The van der Waals surface area contributed by atoms with Crippen LogP contribution in [0.3, 0.4) is 0 Å². The highest BCUT2D eigenvalue weighted by Gasteiger charge is 2.10. The molecule has 1 N–H and O–H groups in total. The van der Waals surface area contributed by atoms with Crippen molar-refractivity contribution >= 4 is 5.97 Å². The van der Waals surface area contributed by atoms with Crippen molar-refractivity contribution in [3.05, 3.63) is 72.7 Å². The second kappa shape index (κ2) is 8.59. The number of hydrogen-bond donors (Lipinski definition) is 1. The number of aromatic nitrogens is 2. The number of carboxylic acids is 1. The van der Waals surface area contributed by atoms with E-state index in [1.807, 2.05) is 60.7 Å². The minimum Gasteiger partial charge on any atom is -0.481 e. The molecule has 0 unspecified atom stereocenters. The number of rotatable bonds is 5. The number of carbonyl (C=O) groups is 1. The lowest BCUT2D eigenvalue weighted by molar-refractivity contribution is -0.137. The van der Waals surface area contributed by atoms with Gasteiger partial charge in [0.1, 0.15) is 0 Å². The van der Waals surface area contributed by atoms with Gasteiger partial charge in [0.2, 0.25) is 5.82 Å². The summed E-state index contributed by atoms with van der Waals surface area (Å²) < 4.78 is 0. The van der Waals surface area contributed by atoms with E-state index in [0.29, 0.717) is 18.7 Å². The Morgan fingerprint density at radius 1 is 0.962 bits per heavy atom. The minimum absolute atomic E-state index is 0.123. The Morgan fingerprint density at radius 2 is 1.62 bits per heavy atom. The largest absolute Gasteiger partial charge is 0.481 e. The van der Waals surface area contributed by atoms with E-state index in [2.05, 4.69) is 21.8 Å². The van der Waals surface area contributed by atoms with Crippen LogP contribution < -0.4 is 0 Å². The summed E-state index contributed by atoms with van der Waals surface area (Å²) in [5.74, 6) is 5.54. The monoisotopic (exact) mass is 342 g/mol. The summed E-state index contributed by atoms with van der Waals surface area (Å²) in [6.07, 6.45) is 2.95. The molecule has 1 heterocycles. The molecule has 4 heteroatoms. The highest BCUT2D eigenvalue weighted by Crippen LogP contribution is 2.29. The third-order valence-electron chi connectivity index (χ3n) is 3.81. The van der Waals surface area contributed by atoms with Gasteiger partial charge in [0.05, 0.1) is 5.69 Å². The van der Waals surface area contributed by atoms with Crippen LogP contribution in [0.4, 0.5) is 0 Å². The Morgan fingerprint density at radius 3 is 2.27 bits per heavy atom. The molecule has 0 aliphatic heterocycles. The van der Waals surface area contributed by atoms with Gasteiger partial charge >= 0.3 is 5.97 Å². The number of carboxylic acid groups (broad SMARTS) is 1. The first kappa shape index (κ1) is 17.4. The van der Waals surface area contributed by atoms with Crippen LogP contribution in [0, 0.1) is 11.8 Å². The Hall–Kier alpha value is -3.45. The fourth-order valence-electron chi connectivity index (χ4n) is 2.56. The van der Waals surface area contributed by atoms with E-state index < -0.39 is 5.97 Å². The molecule has 128 valence electrons. The Labute approximate surface area is 152 Å². The van der Waals surface area contributed by atoms with Gasteiger partial charge in [-0.1, -0.05) is 66.6 Å². The predicted octanol–water partition coefficient (Wildman–Crippen LogP) is 4.42. The van der Waals surface area contributed by atoms with Crippen LogP contribution in [0.5, 0.6) is 0 Å². The Kier molecular flexibility index (Phi) is 5.74. The second-order valence-electron chi connectivity index (χ2n) is 5.74. The van der Waals surface area contributed by atoms with Gasteiger partial charge < -0.3 is 5.11 Å². The van der Waals surface area contributed by atoms with Gasteiger partial charge in [-0.2, -0.15) is 0 Å². The molecule has 26 heavy (non-hydrogen) atoms. The number of unbranched alkanes of at least 4 members (excludes halogenated alkanes) is 1.